The Hall–Kier alpha value is -2.22. The SMILES string of the molecule is Cc1nn(C)cc1NCc1cc(C#N)n(C)c1. The first-order valence-electron chi connectivity index (χ1n) is 5.39. The first kappa shape index (κ1) is 11.3. The molecule has 0 bridgehead atoms. The molecule has 0 unspecified atom stereocenters. The number of hydrogen-bond acceptors (Lipinski definition) is 3. The van der Waals surface area contributed by atoms with Crippen molar-refractivity contribution in [2.75, 3.05) is 5.32 Å². The van der Waals surface area contributed by atoms with Gasteiger partial charge in [0.15, 0.2) is 0 Å². The third kappa shape index (κ3) is 2.31. The molecule has 0 fully saturated rings. The Morgan fingerprint density at radius 2 is 2.18 bits per heavy atom. The van der Waals surface area contributed by atoms with Gasteiger partial charge in [0, 0.05) is 33.0 Å². The van der Waals surface area contributed by atoms with Gasteiger partial charge in [0.25, 0.3) is 0 Å². The monoisotopic (exact) mass is 229 g/mol. The lowest BCUT2D eigenvalue weighted by atomic mass is 10.3. The second-order valence-corrected chi connectivity index (χ2v) is 4.11. The smallest absolute Gasteiger partial charge is 0.120 e. The molecule has 0 atom stereocenters. The zero-order chi connectivity index (χ0) is 12.4. The number of hydrogen-bond donors (Lipinski definition) is 1. The van der Waals surface area contributed by atoms with E-state index in [4.69, 9.17) is 5.26 Å². The van der Waals surface area contributed by atoms with E-state index in [2.05, 4.69) is 16.5 Å². The number of anilines is 1. The van der Waals surface area contributed by atoms with Gasteiger partial charge in [0.2, 0.25) is 0 Å². The van der Waals surface area contributed by atoms with E-state index in [9.17, 15) is 0 Å². The van der Waals surface area contributed by atoms with Crippen LogP contribution in [0.5, 0.6) is 0 Å². The van der Waals surface area contributed by atoms with Crippen LogP contribution in [0.25, 0.3) is 0 Å². The Morgan fingerprint density at radius 1 is 1.41 bits per heavy atom. The molecule has 0 amide bonds. The van der Waals surface area contributed by atoms with E-state index in [0.717, 1.165) is 16.9 Å². The first-order valence-corrected chi connectivity index (χ1v) is 5.39. The molecule has 0 aromatic carbocycles. The zero-order valence-electron chi connectivity index (χ0n) is 10.2. The van der Waals surface area contributed by atoms with Crippen LogP contribution in [0, 0.1) is 18.3 Å². The molecular weight excluding hydrogens is 214 g/mol. The molecule has 0 saturated carbocycles. The lowest BCUT2D eigenvalue weighted by molar-refractivity contribution is 0.756. The van der Waals surface area contributed by atoms with Gasteiger partial charge in [-0.15, -0.1) is 0 Å². The highest BCUT2D eigenvalue weighted by molar-refractivity contribution is 5.46. The topological polar surface area (TPSA) is 58.6 Å². The Balaban J connectivity index is 2.07. The number of aromatic nitrogens is 3. The van der Waals surface area contributed by atoms with E-state index in [1.54, 1.807) is 4.68 Å². The van der Waals surface area contributed by atoms with Crippen molar-refractivity contribution in [1.29, 1.82) is 5.26 Å². The fourth-order valence-electron chi connectivity index (χ4n) is 1.81. The van der Waals surface area contributed by atoms with Crippen LogP contribution in [-0.4, -0.2) is 14.3 Å². The van der Waals surface area contributed by atoms with Gasteiger partial charge in [0.05, 0.1) is 11.4 Å². The summed E-state index contributed by atoms with van der Waals surface area (Å²) in [6, 6.07) is 4.04. The summed E-state index contributed by atoms with van der Waals surface area (Å²) in [5.74, 6) is 0. The highest BCUT2D eigenvalue weighted by Gasteiger charge is 2.05. The maximum atomic E-state index is 8.86. The first-order chi connectivity index (χ1) is 8.10. The molecule has 2 aromatic heterocycles. The maximum Gasteiger partial charge on any atom is 0.120 e. The Kier molecular flexibility index (Phi) is 2.88. The molecule has 2 heterocycles. The number of rotatable bonds is 3. The van der Waals surface area contributed by atoms with Crippen LogP contribution < -0.4 is 5.32 Å². The summed E-state index contributed by atoms with van der Waals surface area (Å²) in [5.41, 5.74) is 3.76. The summed E-state index contributed by atoms with van der Waals surface area (Å²) in [6.45, 7) is 2.66. The summed E-state index contributed by atoms with van der Waals surface area (Å²) in [7, 11) is 3.77. The number of nitrogens with zero attached hydrogens (tertiary/aromatic N) is 4. The summed E-state index contributed by atoms with van der Waals surface area (Å²) in [4.78, 5) is 0. The summed E-state index contributed by atoms with van der Waals surface area (Å²) in [6.07, 6.45) is 3.90. The second kappa shape index (κ2) is 4.34. The van der Waals surface area contributed by atoms with Crippen molar-refractivity contribution in [2.24, 2.45) is 14.1 Å². The lowest BCUT2D eigenvalue weighted by Gasteiger charge is -2.01. The minimum absolute atomic E-state index is 0.671. The highest BCUT2D eigenvalue weighted by Crippen LogP contribution is 2.14. The van der Waals surface area contributed by atoms with E-state index in [0.29, 0.717) is 12.2 Å². The van der Waals surface area contributed by atoms with Gasteiger partial charge < -0.3 is 9.88 Å². The average molecular weight is 229 g/mol. The van der Waals surface area contributed by atoms with Gasteiger partial charge in [-0.2, -0.15) is 10.4 Å². The zero-order valence-corrected chi connectivity index (χ0v) is 10.2. The van der Waals surface area contributed by atoms with Gasteiger partial charge in [-0.25, -0.2) is 0 Å². The fourth-order valence-corrected chi connectivity index (χ4v) is 1.81. The normalized spacial score (nSPS) is 10.2. The molecule has 5 heteroatoms. The fraction of sp³-hybridized carbons (Fsp3) is 0.333. The van der Waals surface area contributed by atoms with Gasteiger partial charge in [-0.05, 0) is 18.6 Å². The van der Waals surface area contributed by atoms with Crippen molar-refractivity contribution < 1.29 is 0 Å². The van der Waals surface area contributed by atoms with Gasteiger partial charge in [0.1, 0.15) is 11.8 Å². The predicted octanol–water partition coefficient (Wildman–Crippen LogP) is 1.55. The molecule has 0 aliphatic rings. The number of aryl methyl sites for hydroxylation is 3. The quantitative estimate of drug-likeness (QED) is 0.868. The molecule has 2 aromatic rings. The maximum absolute atomic E-state index is 8.86. The summed E-state index contributed by atoms with van der Waals surface area (Å²) in [5, 5.41) is 16.4. The number of nitriles is 1. The minimum atomic E-state index is 0.671. The Labute approximate surface area is 100 Å². The Bertz CT molecular complexity index is 570. The third-order valence-electron chi connectivity index (χ3n) is 2.67. The molecule has 0 saturated heterocycles. The molecule has 17 heavy (non-hydrogen) atoms. The van der Waals surface area contributed by atoms with E-state index < -0.39 is 0 Å². The summed E-state index contributed by atoms with van der Waals surface area (Å²) < 4.78 is 3.61. The van der Waals surface area contributed by atoms with Crippen molar-refractivity contribution >= 4 is 5.69 Å². The molecule has 0 aliphatic carbocycles. The van der Waals surface area contributed by atoms with E-state index in [1.165, 1.54) is 0 Å². The van der Waals surface area contributed by atoms with Crippen molar-refractivity contribution in [1.82, 2.24) is 14.3 Å². The molecule has 0 radical (unpaired) electrons. The molecule has 5 nitrogen and oxygen atoms in total. The highest BCUT2D eigenvalue weighted by atomic mass is 15.3. The van der Waals surface area contributed by atoms with E-state index in [1.807, 2.05) is 44.0 Å². The second-order valence-electron chi connectivity index (χ2n) is 4.11. The molecule has 88 valence electrons. The van der Waals surface area contributed by atoms with E-state index in [-0.39, 0.29) is 0 Å². The molecule has 0 aliphatic heterocycles. The third-order valence-corrected chi connectivity index (χ3v) is 2.67. The minimum Gasteiger partial charge on any atom is -0.378 e. The van der Waals surface area contributed by atoms with Gasteiger partial charge in [-0.3, -0.25) is 4.68 Å². The van der Waals surface area contributed by atoms with Crippen molar-refractivity contribution in [3.8, 4) is 6.07 Å². The van der Waals surface area contributed by atoms with Crippen molar-refractivity contribution in [3.05, 3.63) is 35.4 Å². The average Bonchev–Trinajstić information content (AvgIpc) is 2.79. The van der Waals surface area contributed by atoms with Crippen LogP contribution in [-0.2, 0) is 20.6 Å². The van der Waals surface area contributed by atoms with Gasteiger partial charge in [-0.1, -0.05) is 0 Å². The summed E-state index contributed by atoms with van der Waals surface area (Å²) >= 11 is 0. The molecule has 2 rings (SSSR count). The van der Waals surface area contributed by atoms with Crippen LogP contribution in [0.3, 0.4) is 0 Å². The van der Waals surface area contributed by atoms with Crippen LogP contribution in [0.4, 0.5) is 5.69 Å². The predicted molar refractivity (Wildman–Crippen MR) is 65.4 cm³/mol. The van der Waals surface area contributed by atoms with Crippen LogP contribution >= 0.6 is 0 Å². The van der Waals surface area contributed by atoms with Crippen LogP contribution in [0.2, 0.25) is 0 Å². The van der Waals surface area contributed by atoms with Crippen LogP contribution in [0.1, 0.15) is 17.0 Å². The standard InChI is InChI=1S/C12H15N5/c1-9-12(8-17(3)15-9)14-6-10-4-11(5-13)16(2)7-10/h4,7-8,14H,6H2,1-3H3. The molecule has 0 spiro atoms. The van der Waals surface area contributed by atoms with Crippen molar-refractivity contribution in [3.63, 3.8) is 0 Å². The largest absolute Gasteiger partial charge is 0.378 e. The lowest BCUT2D eigenvalue weighted by Crippen LogP contribution is -1.98. The molecular formula is C12H15N5. The van der Waals surface area contributed by atoms with Gasteiger partial charge >= 0.3 is 0 Å². The van der Waals surface area contributed by atoms with E-state index >= 15 is 0 Å². The van der Waals surface area contributed by atoms with Crippen LogP contribution in [0.15, 0.2) is 18.5 Å². The number of nitrogens with one attached hydrogen (secondary N) is 1. The Morgan fingerprint density at radius 3 is 2.71 bits per heavy atom. The van der Waals surface area contributed by atoms with Crippen molar-refractivity contribution in [2.45, 2.75) is 13.5 Å². The molecule has 1 N–H and O–H groups in total.